The van der Waals surface area contributed by atoms with E-state index < -0.39 is 0 Å². The summed E-state index contributed by atoms with van der Waals surface area (Å²) in [4.78, 5) is 12.2. The Morgan fingerprint density at radius 2 is 1.41 bits per heavy atom. The van der Waals surface area contributed by atoms with Gasteiger partial charge in [0.25, 0.3) is 5.56 Å². The van der Waals surface area contributed by atoms with Gasteiger partial charge in [-0.3, -0.25) is 9.89 Å². The molecule has 0 spiro atoms. The zero-order valence-corrected chi connectivity index (χ0v) is 12.4. The highest BCUT2D eigenvalue weighted by Gasteiger charge is 2.07. The fourth-order valence-electron chi connectivity index (χ4n) is 2.24. The maximum atomic E-state index is 12.2. The average Bonchev–Trinajstić information content (AvgIpc) is 2.97. The average molecular weight is 296 g/mol. The SMILES string of the molecule is COc1ccc(-c2cc(=O)n(-c3ccc(OC)cc3)[nH]2)cc1. The van der Waals surface area contributed by atoms with Gasteiger partial charge in [-0.15, -0.1) is 0 Å². The Balaban J connectivity index is 1.97. The van der Waals surface area contributed by atoms with E-state index in [9.17, 15) is 4.79 Å². The van der Waals surface area contributed by atoms with Gasteiger partial charge in [0.15, 0.2) is 0 Å². The number of nitrogens with one attached hydrogen (secondary N) is 1. The van der Waals surface area contributed by atoms with Crippen molar-refractivity contribution in [2.45, 2.75) is 0 Å². The molecule has 5 nitrogen and oxygen atoms in total. The molecule has 2 aromatic carbocycles. The van der Waals surface area contributed by atoms with Crippen molar-refractivity contribution in [1.29, 1.82) is 0 Å². The van der Waals surface area contributed by atoms with Crippen LogP contribution in [-0.4, -0.2) is 24.0 Å². The first-order valence-electron chi connectivity index (χ1n) is 6.82. The van der Waals surface area contributed by atoms with Crippen LogP contribution in [0.4, 0.5) is 0 Å². The maximum absolute atomic E-state index is 12.2. The summed E-state index contributed by atoms with van der Waals surface area (Å²) >= 11 is 0. The van der Waals surface area contributed by atoms with E-state index in [0.717, 1.165) is 28.4 Å². The van der Waals surface area contributed by atoms with Crippen molar-refractivity contribution in [1.82, 2.24) is 9.78 Å². The molecule has 0 amide bonds. The Labute approximate surface area is 127 Å². The molecule has 0 radical (unpaired) electrons. The number of aromatic amines is 1. The van der Waals surface area contributed by atoms with Crippen molar-refractivity contribution in [2.75, 3.05) is 14.2 Å². The molecule has 5 heteroatoms. The zero-order chi connectivity index (χ0) is 15.5. The summed E-state index contributed by atoms with van der Waals surface area (Å²) in [5.41, 5.74) is 2.31. The quantitative estimate of drug-likeness (QED) is 0.805. The van der Waals surface area contributed by atoms with Crippen molar-refractivity contribution in [3.63, 3.8) is 0 Å². The predicted octanol–water partition coefficient (Wildman–Crippen LogP) is 2.85. The first-order valence-corrected chi connectivity index (χ1v) is 6.82. The van der Waals surface area contributed by atoms with Crippen LogP contribution in [0.5, 0.6) is 11.5 Å². The minimum absolute atomic E-state index is 0.115. The van der Waals surface area contributed by atoms with Crippen molar-refractivity contribution in [2.24, 2.45) is 0 Å². The Morgan fingerprint density at radius 3 is 1.95 bits per heavy atom. The molecule has 0 atom stereocenters. The number of methoxy groups -OCH3 is 2. The molecule has 1 heterocycles. The summed E-state index contributed by atoms with van der Waals surface area (Å²) in [6.07, 6.45) is 0. The molecule has 1 N–H and O–H groups in total. The van der Waals surface area contributed by atoms with E-state index in [0.29, 0.717) is 0 Å². The van der Waals surface area contributed by atoms with Crippen LogP contribution in [-0.2, 0) is 0 Å². The number of H-pyrrole nitrogens is 1. The summed E-state index contributed by atoms with van der Waals surface area (Å²) in [6, 6.07) is 16.4. The van der Waals surface area contributed by atoms with E-state index in [1.165, 1.54) is 4.68 Å². The minimum atomic E-state index is -0.115. The highest BCUT2D eigenvalue weighted by molar-refractivity contribution is 5.60. The third kappa shape index (κ3) is 2.61. The van der Waals surface area contributed by atoms with E-state index in [2.05, 4.69) is 5.10 Å². The topological polar surface area (TPSA) is 56.2 Å². The van der Waals surface area contributed by atoms with Crippen LogP contribution in [0.15, 0.2) is 59.4 Å². The van der Waals surface area contributed by atoms with E-state index in [1.807, 2.05) is 48.5 Å². The van der Waals surface area contributed by atoms with Crippen LogP contribution in [0.1, 0.15) is 0 Å². The molecule has 0 bridgehead atoms. The van der Waals surface area contributed by atoms with Crippen LogP contribution < -0.4 is 15.0 Å². The largest absolute Gasteiger partial charge is 0.497 e. The predicted molar refractivity (Wildman–Crippen MR) is 84.9 cm³/mol. The minimum Gasteiger partial charge on any atom is -0.497 e. The highest BCUT2D eigenvalue weighted by atomic mass is 16.5. The Morgan fingerprint density at radius 1 is 0.864 bits per heavy atom. The maximum Gasteiger partial charge on any atom is 0.271 e. The summed E-state index contributed by atoms with van der Waals surface area (Å²) in [7, 11) is 3.23. The molecule has 0 saturated heterocycles. The van der Waals surface area contributed by atoms with E-state index in [1.54, 1.807) is 20.3 Å². The number of ether oxygens (including phenoxy) is 2. The van der Waals surface area contributed by atoms with Crippen molar-refractivity contribution in [3.8, 4) is 28.4 Å². The fraction of sp³-hybridized carbons (Fsp3) is 0.118. The monoisotopic (exact) mass is 296 g/mol. The molecular weight excluding hydrogens is 280 g/mol. The summed E-state index contributed by atoms with van der Waals surface area (Å²) in [6.45, 7) is 0. The summed E-state index contributed by atoms with van der Waals surface area (Å²) < 4.78 is 11.8. The third-order valence-electron chi connectivity index (χ3n) is 3.45. The molecule has 3 aromatic rings. The first kappa shape index (κ1) is 14.0. The summed E-state index contributed by atoms with van der Waals surface area (Å²) in [5, 5.41) is 3.11. The zero-order valence-electron chi connectivity index (χ0n) is 12.4. The molecule has 22 heavy (non-hydrogen) atoms. The van der Waals surface area contributed by atoms with Gasteiger partial charge in [0.05, 0.1) is 25.6 Å². The van der Waals surface area contributed by atoms with Gasteiger partial charge in [-0.25, -0.2) is 4.68 Å². The third-order valence-corrected chi connectivity index (χ3v) is 3.45. The normalized spacial score (nSPS) is 10.5. The van der Waals surface area contributed by atoms with Crippen LogP contribution in [0.3, 0.4) is 0 Å². The van der Waals surface area contributed by atoms with Gasteiger partial charge in [-0.05, 0) is 54.1 Å². The molecule has 112 valence electrons. The van der Waals surface area contributed by atoms with Gasteiger partial charge < -0.3 is 9.47 Å². The lowest BCUT2D eigenvalue weighted by molar-refractivity contribution is 0.414. The van der Waals surface area contributed by atoms with E-state index >= 15 is 0 Å². The molecule has 0 aliphatic rings. The molecular formula is C17H16N2O3. The molecule has 0 saturated carbocycles. The molecule has 0 aliphatic heterocycles. The second kappa shape index (κ2) is 5.81. The highest BCUT2D eigenvalue weighted by Crippen LogP contribution is 2.20. The molecule has 1 aromatic heterocycles. The Kier molecular flexibility index (Phi) is 3.70. The van der Waals surface area contributed by atoms with Crippen LogP contribution in [0.2, 0.25) is 0 Å². The smallest absolute Gasteiger partial charge is 0.271 e. The first-order chi connectivity index (χ1) is 10.7. The van der Waals surface area contributed by atoms with E-state index in [4.69, 9.17) is 9.47 Å². The van der Waals surface area contributed by atoms with Crippen molar-refractivity contribution in [3.05, 3.63) is 65.0 Å². The number of hydrogen-bond donors (Lipinski definition) is 1. The van der Waals surface area contributed by atoms with Gasteiger partial charge in [0, 0.05) is 6.07 Å². The molecule has 0 fully saturated rings. The molecule has 0 unspecified atom stereocenters. The van der Waals surface area contributed by atoms with Crippen molar-refractivity contribution < 1.29 is 9.47 Å². The number of nitrogens with zero attached hydrogens (tertiary/aromatic N) is 1. The van der Waals surface area contributed by atoms with Gasteiger partial charge in [0.2, 0.25) is 0 Å². The van der Waals surface area contributed by atoms with Crippen LogP contribution >= 0.6 is 0 Å². The van der Waals surface area contributed by atoms with Crippen LogP contribution in [0.25, 0.3) is 16.9 Å². The van der Waals surface area contributed by atoms with Gasteiger partial charge in [0.1, 0.15) is 11.5 Å². The van der Waals surface area contributed by atoms with Gasteiger partial charge >= 0.3 is 0 Å². The van der Waals surface area contributed by atoms with Gasteiger partial charge in [-0.2, -0.15) is 0 Å². The van der Waals surface area contributed by atoms with E-state index in [-0.39, 0.29) is 5.56 Å². The Bertz CT molecular complexity index is 814. The fourth-order valence-corrected chi connectivity index (χ4v) is 2.24. The number of benzene rings is 2. The second-order valence-corrected chi connectivity index (χ2v) is 4.77. The molecule has 0 aliphatic carbocycles. The number of rotatable bonds is 4. The summed E-state index contributed by atoms with van der Waals surface area (Å²) in [5.74, 6) is 1.53. The standard InChI is InChI=1S/C17H16N2O3/c1-21-14-7-3-12(4-8-14)16-11-17(20)19(18-16)13-5-9-15(22-2)10-6-13/h3-11,18H,1-2H3. The lowest BCUT2D eigenvalue weighted by Crippen LogP contribution is -2.13. The second-order valence-electron chi connectivity index (χ2n) is 4.77. The number of hydrogen-bond acceptors (Lipinski definition) is 3. The molecule has 3 rings (SSSR count). The number of aromatic nitrogens is 2. The van der Waals surface area contributed by atoms with Crippen molar-refractivity contribution >= 4 is 0 Å². The van der Waals surface area contributed by atoms with Crippen LogP contribution in [0, 0.1) is 0 Å². The van der Waals surface area contributed by atoms with Gasteiger partial charge in [-0.1, -0.05) is 0 Å². The lowest BCUT2D eigenvalue weighted by atomic mass is 10.1. The lowest BCUT2D eigenvalue weighted by Gasteiger charge is -2.04. The Hall–Kier alpha value is -2.95.